The van der Waals surface area contributed by atoms with Gasteiger partial charge in [-0.05, 0) is 90.3 Å². The van der Waals surface area contributed by atoms with Crippen molar-refractivity contribution < 1.29 is 24.2 Å². The Labute approximate surface area is 232 Å². The zero-order valence-electron chi connectivity index (χ0n) is 21.9. The molecule has 0 aliphatic heterocycles. The first-order chi connectivity index (χ1) is 18.2. The maximum absolute atomic E-state index is 13.1. The lowest BCUT2D eigenvalue weighted by Gasteiger charge is -2.70. The monoisotopic (exact) mass is 552 g/mol. The number of allylic oxidation sites excluding steroid dienone is 1. The summed E-state index contributed by atoms with van der Waals surface area (Å²) in [5.41, 5.74) is 1.02. The van der Waals surface area contributed by atoms with Gasteiger partial charge in [0.1, 0.15) is 9.75 Å². The number of carbonyl (C=O) groups excluding carboxylic acids is 2. The highest BCUT2D eigenvalue weighted by molar-refractivity contribution is 7.12. The van der Waals surface area contributed by atoms with Gasteiger partial charge in [-0.2, -0.15) is 0 Å². The Morgan fingerprint density at radius 1 is 0.974 bits per heavy atom. The molecule has 5 fully saturated rings. The molecule has 2 aromatic heterocycles. The van der Waals surface area contributed by atoms with E-state index in [9.17, 15) is 14.7 Å². The van der Waals surface area contributed by atoms with Crippen LogP contribution in [0.1, 0.15) is 71.2 Å². The largest absolute Gasteiger partial charge is 0.461 e. The third-order valence-electron chi connectivity index (χ3n) is 10.6. The fourth-order valence-corrected chi connectivity index (χ4v) is 10.0. The van der Waals surface area contributed by atoms with Crippen LogP contribution in [0.15, 0.2) is 59.3 Å². The highest BCUT2D eigenvalue weighted by Gasteiger charge is 2.70. The molecule has 7 heteroatoms. The number of esters is 2. The first kappa shape index (κ1) is 26.0. The standard InChI is InChI=1S/C31H36O5S2/c1-19-20(2)31-12-9-21(19)15-25(31)30(18-36-28(34)23-8-5-14-38-23)11-6-10-29(3,24(30)16-26(31)32)17-35-27(33)22-7-4-13-37-22/h4-5,7-8,13-14,21,24-26,32H,1-2,6,9-12,15-18H2,3H3/t21-,24?,25?,26+,29-,30-,31+/m0/s1. The van der Waals surface area contributed by atoms with Crippen LogP contribution >= 0.6 is 22.7 Å². The molecule has 2 unspecified atom stereocenters. The first-order valence-electron chi connectivity index (χ1n) is 13.7. The minimum atomic E-state index is -0.547. The fraction of sp³-hybridized carbons (Fsp3) is 0.548. The van der Waals surface area contributed by atoms with E-state index in [1.54, 1.807) is 12.1 Å². The molecule has 5 aliphatic rings. The molecule has 0 aromatic carbocycles. The van der Waals surface area contributed by atoms with Gasteiger partial charge in [-0.15, -0.1) is 22.7 Å². The number of hydrogen-bond donors (Lipinski definition) is 1. The van der Waals surface area contributed by atoms with E-state index in [4.69, 9.17) is 9.47 Å². The SMILES string of the molecule is C=C1C(=C)[C@]23CC[C@H]1CC2[C@]1(COC(=O)c2cccs2)CCC[C@@](C)(COC(=O)c2cccs2)C1C[C@H]3O. The third-order valence-corrected chi connectivity index (χ3v) is 12.3. The molecule has 7 atom stereocenters. The molecule has 2 aromatic rings. The molecule has 0 amide bonds. The van der Waals surface area contributed by atoms with Gasteiger partial charge in [0.05, 0.1) is 19.3 Å². The van der Waals surface area contributed by atoms with Gasteiger partial charge in [-0.1, -0.05) is 38.6 Å². The summed E-state index contributed by atoms with van der Waals surface area (Å²) in [5.74, 6) is -0.0361. The molecule has 38 heavy (non-hydrogen) atoms. The molecule has 1 spiro atoms. The number of aliphatic hydroxyl groups excluding tert-OH is 1. The second-order valence-electron chi connectivity index (χ2n) is 12.2. The minimum Gasteiger partial charge on any atom is -0.461 e. The Morgan fingerprint density at radius 2 is 1.63 bits per heavy atom. The Kier molecular flexibility index (Phi) is 6.48. The molecule has 7 rings (SSSR count). The van der Waals surface area contributed by atoms with E-state index in [2.05, 4.69) is 20.1 Å². The number of thiophene rings is 2. The molecule has 0 saturated heterocycles. The lowest BCUT2D eigenvalue weighted by Crippen LogP contribution is -2.68. The van der Waals surface area contributed by atoms with E-state index in [1.807, 2.05) is 22.9 Å². The van der Waals surface area contributed by atoms with Gasteiger partial charge in [-0.3, -0.25) is 0 Å². The summed E-state index contributed by atoms with van der Waals surface area (Å²) in [6.07, 6.45) is 5.69. The molecule has 0 radical (unpaired) electrons. The predicted molar refractivity (Wildman–Crippen MR) is 149 cm³/mol. The van der Waals surface area contributed by atoms with Crippen molar-refractivity contribution >= 4 is 34.6 Å². The molecule has 5 saturated carbocycles. The topological polar surface area (TPSA) is 72.8 Å². The number of aliphatic hydroxyl groups is 1. The van der Waals surface area contributed by atoms with Crippen molar-refractivity contribution in [3.05, 3.63) is 69.1 Å². The molecular formula is C31H36O5S2. The molecule has 2 heterocycles. The van der Waals surface area contributed by atoms with Gasteiger partial charge >= 0.3 is 11.9 Å². The van der Waals surface area contributed by atoms with Gasteiger partial charge < -0.3 is 14.6 Å². The summed E-state index contributed by atoms with van der Waals surface area (Å²) in [5, 5.41) is 15.7. The van der Waals surface area contributed by atoms with Crippen molar-refractivity contribution in [3.8, 4) is 0 Å². The lowest BCUT2D eigenvalue weighted by molar-refractivity contribution is -0.226. The quantitative estimate of drug-likeness (QED) is 0.394. The predicted octanol–water partition coefficient (Wildman–Crippen LogP) is 6.91. The van der Waals surface area contributed by atoms with Crippen molar-refractivity contribution in [2.24, 2.45) is 34.0 Å². The second kappa shape index (κ2) is 9.46. The fourth-order valence-electron chi connectivity index (χ4n) is 8.81. The van der Waals surface area contributed by atoms with E-state index in [1.165, 1.54) is 22.7 Å². The number of carbonyl (C=O) groups is 2. The maximum atomic E-state index is 13.1. The summed E-state index contributed by atoms with van der Waals surface area (Å²) in [4.78, 5) is 27.1. The summed E-state index contributed by atoms with van der Waals surface area (Å²) in [6, 6.07) is 7.31. The molecular weight excluding hydrogens is 516 g/mol. The smallest absolute Gasteiger partial charge is 0.348 e. The van der Waals surface area contributed by atoms with Gasteiger partial charge in [0.2, 0.25) is 0 Å². The molecule has 5 aliphatic carbocycles. The first-order valence-corrected chi connectivity index (χ1v) is 15.4. The Morgan fingerprint density at radius 3 is 2.26 bits per heavy atom. The third kappa shape index (κ3) is 3.80. The van der Waals surface area contributed by atoms with Crippen molar-refractivity contribution in [2.75, 3.05) is 13.2 Å². The highest BCUT2D eigenvalue weighted by Crippen LogP contribution is 2.73. The van der Waals surface area contributed by atoms with Crippen molar-refractivity contribution in [1.82, 2.24) is 0 Å². The van der Waals surface area contributed by atoms with Crippen molar-refractivity contribution in [3.63, 3.8) is 0 Å². The molecule has 2 bridgehead atoms. The molecule has 5 nitrogen and oxygen atoms in total. The van der Waals surface area contributed by atoms with Crippen LogP contribution < -0.4 is 0 Å². The molecule has 202 valence electrons. The van der Waals surface area contributed by atoms with Crippen LogP contribution in [0.4, 0.5) is 0 Å². The normalized spacial score (nSPS) is 37.8. The van der Waals surface area contributed by atoms with Crippen LogP contribution in [0.5, 0.6) is 0 Å². The number of fused-ring (bicyclic) bond motifs is 3. The number of rotatable bonds is 6. The lowest BCUT2D eigenvalue weighted by atomic mass is 9.35. The summed E-state index contributed by atoms with van der Waals surface area (Å²) in [6.45, 7) is 11.7. The van der Waals surface area contributed by atoms with Gasteiger partial charge in [0, 0.05) is 16.2 Å². The Bertz CT molecular complexity index is 1250. The van der Waals surface area contributed by atoms with Gasteiger partial charge in [0.15, 0.2) is 0 Å². The summed E-state index contributed by atoms with van der Waals surface area (Å²) < 4.78 is 12.1. The van der Waals surface area contributed by atoms with Crippen LogP contribution in [0.25, 0.3) is 0 Å². The Hall–Kier alpha value is -2.22. The van der Waals surface area contributed by atoms with E-state index in [-0.39, 0.29) is 34.6 Å². The van der Waals surface area contributed by atoms with Crippen molar-refractivity contribution in [1.29, 1.82) is 0 Å². The maximum Gasteiger partial charge on any atom is 0.348 e. The summed E-state index contributed by atoms with van der Waals surface area (Å²) in [7, 11) is 0. The average molecular weight is 553 g/mol. The van der Waals surface area contributed by atoms with Crippen LogP contribution in [-0.4, -0.2) is 36.4 Å². The summed E-state index contributed by atoms with van der Waals surface area (Å²) >= 11 is 2.77. The zero-order chi connectivity index (χ0) is 26.7. The van der Waals surface area contributed by atoms with Gasteiger partial charge in [0.25, 0.3) is 0 Å². The highest BCUT2D eigenvalue weighted by atomic mass is 32.1. The number of hydrogen-bond acceptors (Lipinski definition) is 7. The van der Waals surface area contributed by atoms with E-state index in [0.717, 1.165) is 49.7 Å². The number of ether oxygens (including phenoxy) is 2. The van der Waals surface area contributed by atoms with Crippen LogP contribution in [-0.2, 0) is 9.47 Å². The molecule has 1 N–H and O–H groups in total. The van der Waals surface area contributed by atoms with Crippen LogP contribution in [0, 0.1) is 34.0 Å². The van der Waals surface area contributed by atoms with E-state index in [0.29, 0.717) is 35.3 Å². The van der Waals surface area contributed by atoms with E-state index < -0.39 is 11.5 Å². The van der Waals surface area contributed by atoms with Crippen molar-refractivity contribution in [2.45, 2.75) is 58.0 Å². The Balaban J connectivity index is 1.36. The van der Waals surface area contributed by atoms with Crippen LogP contribution in [0.3, 0.4) is 0 Å². The van der Waals surface area contributed by atoms with Gasteiger partial charge in [-0.25, -0.2) is 9.59 Å². The van der Waals surface area contributed by atoms with Crippen LogP contribution in [0.2, 0.25) is 0 Å². The zero-order valence-corrected chi connectivity index (χ0v) is 23.6. The second-order valence-corrected chi connectivity index (χ2v) is 14.1. The minimum absolute atomic E-state index is 0.0436. The average Bonchev–Trinajstić information content (AvgIpc) is 3.65. The van der Waals surface area contributed by atoms with E-state index >= 15 is 0 Å².